The Labute approximate surface area is 222 Å². The van der Waals surface area contributed by atoms with Crippen molar-refractivity contribution < 1.29 is 42.8 Å². The van der Waals surface area contributed by atoms with Crippen LogP contribution < -0.4 is 15.2 Å². The van der Waals surface area contributed by atoms with Crippen LogP contribution in [0.2, 0.25) is 0 Å². The summed E-state index contributed by atoms with van der Waals surface area (Å²) in [5, 5.41) is 10.6. The number of nitro benzene ring substituents is 1. The van der Waals surface area contributed by atoms with Gasteiger partial charge in [-0.25, -0.2) is 0 Å². The second-order valence-electron chi connectivity index (χ2n) is 7.69. The Hall–Kier alpha value is -3.00. The molecule has 0 saturated heterocycles. The van der Waals surface area contributed by atoms with Crippen molar-refractivity contribution in [2.24, 2.45) is 0 Å². The van der Waals surface area contributed by atoms with Crippen molar-refractivity contribution in [2.45, 2.75) is 0 Å². The minimum atomic E-state index is -0.452. The number of rotatable bonds is 24. The fraction of sp³-hybridized carbons (Fsp3) is 0.538. The summed E-state index contributed by atoms with van der Waals surface area (Å²) in [7, 11) is 0. The fourth-order valence-electron chi connectivity index (χ4n) is 2.87. The number of non-ortho nitro benzene ring substituents is 1. The molecule has 12 nitrogen and oxygen atoms in total. The fourth-order valence-corrected chi connectivity index (χ4v) is 2.87. The maximum absolute atomic E-state index is 10.6. The second-order valence-corrected chi connectivity index (χ2v) is 7.69. The lowest BCUT2D eigenvalue weighted by molar-refractivity contribution is -0.384. The van der Waals surface area contributed by atoms with E-state index in [1.54, 1.807) is 24.3 Å². The third-order valence-corrected chi connectivity index (χ3v) is 4.78. The van der Waals surface area contributed by atoms with Crippen molar-refractivity contribution >= 4 is 11.4 Å². The summed E-state index contributed by atoms with van der Waals surface area (Å²) in [5.74, 6) is 1.32. The smallest absolute Gasteiger partial charge is 0.269 e. The van der Waals surface area contributed by atoms with E-state index in [1.165, 1.54) is 12.1 Å². The Morgan fingerprint density at radius 2 is 0.789 bits per heavy atom. The van der Waals surface area contributed by atoms with Crippen molar-refractivity contribution in [1.29, 1.82) is 0 Å². The van der Waals surface area contributed by atoms with E-state index in [0.717, 1.165) is 5.75 Å². The van der Waals surface area contributed by atoms with Gasteiger partial charge in [-0.3, -0.25) is 10.1 Å². The third-order valence-electron chi connectivity index (χ3n) is 4.78. The largest absolute Gasteiger partial charge is 0.491 e. The van der Waals surface area contributed by atoms with Crippen molar-refractivity contribution in [2.75, 3.05) is 98.2 Å². The van der Waals surface area contributed by atoms with Gasteiger partial charge in [0.25, 0.3) is 5.69 Å². The summed E-state index contributed by atoms with van der Waals surface area (Å²) in [6.07, 6.45) is 0. The predicted octanol–water partition coefficient (Wildman–Crippen LogP) is 2.73. The van der Waals surface area contributed by atoms with Gasteiger partial charge in [0, 0.05) is 17.8 Å². The van der Waals surface area contributed by atoms with Crippen LogP contribution in [0.1, 0.15) is 0 Å². The number of nitro groups is 1. The topological polar surface area (TPSA) is 143 Å². The van der Waals surface area contributed by atoms with Crippen LogP contribution in [0.15, 0.2) is 48.5 Å². The maximum atomic E-state index is 10.6. The molecule has 0 amide bonds. The molecule has 212 valence electrons. The standard InChI is InChI=1S/C26H38N2O10/c27-23-1-5-25(6-2-23)37-21-19-35-17-15-33-13-11-31-9-10-32-12-14-34-16-18-36-20-22-38-26-7-3-24(4-8-26)28(29)30/h1-8H,9-22,27H2. The molecule has 0 radical (unpaired) electrons. The highest BCUT2D eigenvalue weighted by Crippen LogP contribution is 2.17. The van der Waals surface area contributed by atoms with Gasteiger partial charge in [0.05, 0.1) is 84.2 Å². The van der Waals surface area contributed by atoms with Gasteiger partial charge in [0.1, 0.15) is 24.7 Å². The van der Waals surface area contributed by atoms with Gasteiger partial charge in [-0.1, -0.05) is 0 Å². The molecule has 0 aromatic heterocycles. The van der Waals surface area contributed by atoms with E-state index in [2.05, 4.69) is 0 Å². The van der Waals surface area contributed by atoms with Gasteiger partial charge in [0.2, 0.25) is 0 Å². The minimum absolute atomic E-state index is 0.0273. The molecule has 2 rings (SSSR count). The number of nitrogen functional groups attached to an aromatic ring is 1. The van der Waals surface area contributed by atoms with Crippen molar-refractivity contribution in [3.63, 3.8) is 0 Å². The van der Waals surface area contributed by atoms with Crippen molar-refractivity contribution in [3.8, 4) is 11.5 Å². The Morgan fingerprint density at radius 3 is 1.11 bits per heavy atom. The lowest BCUT2D eigenvalue weighted by Crippen LogP contribution is -2.15. The number of hydrogen-bond donors (Lipinski definition) is 1. The Kier molecular flexibility index (Phi) is 17.2. The van der Waals surface area contributed by atoms with Gasteiger partial charge in [-0.2, -0.15) is 0 Å². The second kappa shape index (κ2) is 21.0. The first kappa shape index (κ1) is 31.2. The molecule has 0 aliphatic rings. The van der Waals surface area contributed by atoms with E-state index < -0.39 is 4.92 Å². The monoisotopic (exact) mass is 538 g/mol. The predicted molar refractivity (Wildman–Crippen MR) is 140 cm³/mol. The zero-order valence-electron chi connectivity index (χ0n) is 21.6. The summed E-state index contributed by atoms with van der Waals surface area (Å²) in [5.41, 5.74) is 6.36. The molecular weight excluding hydrogens is 500 g/mol. The quantitative estimate of drug-likeness (QED) is 0.0912. The number of nitrogens with zero attached hydrogens (tertiary/aromatic N) is 1. The number of benzene rings is 2. The zero-order chi connectivity index (χ0) is 27.1. The molecule has 0 aliphatic heterocycles. The molecule has 2 N–H and O–H groups in total. The molecule has 0 atom stereocenters. The molecule has 0 aliphatic carbocycles. The lowest BCUT2D eigenvalue weighted by atomic mass is 10.3. The van der Waals surface area contributed by atoms with E-state index in [0.29, 0.717) is 104 Å². The van der Waals surface area contributed by atoms with Crippen LogP contribution >= 0.6 is 0 Å². The van der Waals surface area contributed by atoms with Crippen LogP contribution in [0.4, 0.5) is 11.4 Å². The van der Waals surface area contributed by atoms with E-state index in [1.807, 2.05) is 12.1 Å². The SMILES string of the molecule is Nc1ccc(OCCOCCOCCOCCOCCOCCOCCOc2ccc([N+](=O)[O-])cc2)cc1. The highest BCUT2D eigenvalue weighted by Gasteiger charge is 2.04. The molecule has 38 heavy (non-hydrogen) atoms. The Bertz CT molecular complexity index is 852. The first-order valence-corrected chi connectivity index (χ1v) is 12.5. The molecular formula is C26H38N2O10. The zero-order valence-corrected chi connectivity index (χ0v) is 21.6. The number of anilines is 1. The first-order chi connectivity index (χ1) is 18.6. The van der Waals surface area contributed by atoms with E-state index in [9.17, 15) is 10.1 Å². The van der Waals surface area contributed by atoms with Crippen LogP contribution in [-0.4, -0.2) is 97.4 Å². The highest BCUT2D eigenvalue weighted by atomic mass is 16.6. The molecule has 0 unspecified atom stereocenters. The van der Waals surface area contributed by atoms with Gasteiger partial charge in [-0.05, 0) is 36.4 Å². The average Bonchev–Trinajstić information content (AvgIpc) is 2.92. The van der Waals surface area contributed by atoms with E-state index in [-0.39, 0.29) is 5.69 Å². The number of ether oxygens (including phenoxy) is 8. The summed E-state index contributed by atoms with van der Waals surface area (Å²) in [6.45, 7) is 6.48. The summed E-state index contributed by atoms with van der Waals surface area (Å²) >= 11 is 0. The van der Waals surface area contributed by atoms with Crippen molar-refractivity contribution in [3.05, 3.63) is 58.6 Å². The van der Waals surface area contributed by atoms with Gasteiger partial charge in [0.15, 0.2) is 0 Å². The lowest BCUT2D eigenvalue weighted by Gasteiger charge is -2.09. The van der Waals surface area contributed by atoms with Crippen LogP contribution in [-0.2, 0) is 28.4 Å². The number of hydrogen-bond acceptors (Lipinski definition) is 11. The number of nitrogens with two attached hydrogens (primary N) is 1. The molecule has 12 heteroatoms. The summed E-state index contributed by atoms with van der Waals surface area (Å²) in [6, 6.07) is 13.1. The molecule has 0 bridgehead atoms. The van der Waals surface area contributed by atoms with E-state index >= 15 is 0 Å². The Morgan fingerprint density at radius 1 is 0.500 bits per heavy atom. The normalized spacial score (nSPS) is 10.9. The van der Waals surface area contributed by atoms with Gasteiger partial charge >= 0.3 is 0 Å². The molecule has 0 fully saturated rings. The first-order valence-electron chi connectivity index (χ1n) is 12.5. The maximum Gasteiger partial charge on any atom is 0.269 e. The van der Waals surface area contributed by atoms with E-state index in [4.69, 9.17) is 43.6 Å². The molecule has 2 aromatic rings. The van der Waals surface area contributed by atoms with Gasteiger partial charge in [-0.15, -0.1) is 0 Å². The molecule has 2 aromatic carbocycles. The Balaban J connectivity index is 1.22. The van der Waals surface area contributed by atoms with Crippen LogP contribution in [0.3, 0.4) is 0 Å². The molecule has 0 saturated carbocycles. The van der Waals surface area contributed by atoms with Gasteiger partial charge < -0.3 is 43.6 Å². The van der Waals surface area contributed by atoms with Crippen LogP contribution in [0.25, 0.3) is 0 Å². The summed E-state index contributed by atoms with van der Waals surface area (Å²) in [4.78, 5) is 10.2. The van der Waals surface area contributed by atoms with Crippen molar-refractivity contribution in [1.82, 2.24) is 0 Å². The van der Waals surface area contributed by atoms with Crippen LogP contribution in [0.5, 0.6) is 11.5 Å². The third kappa shape index (κ3) is 16.0. The molecule has 0 heterocycles. The highest BCUT2D eigenvalue weighted by molar-refractivity contribution is 5.41. The average molecular weight is 539 g/mol. The molecule has 0 spiro atoms. The minimum Gasteiger partial charge on any atom is -0.491 e. The van der Waals surface area contributed by atoms with Crippen LogP contribution in [0, 0.1) is 10.1 Å². The summed E-state index contributed by atoms with van der Waals surface area (Å²) < 4.78 is 43.6.